The Hall–Kier alpha value is -3.02. The Kier molecular flexibility index (Phi) is 5.15. The van der Waals surface area contributed by atoms with Crippen LogP contribution in [-0.4, -0.2) is 24.1 Å². The van der Waals surface area contributed by atoms with Gasteiger partial charge in [-0.2, -0.15) is 10.5 Å². The van der Waals surface area contributed by atoms with E-state index in [0.717, 1.165) is 41.0 Å². The summed E-state index contributed by atoms with van der Waals surface area (Å²) in [5.74, 6) is 1.72. The number of fused-ring (bicyclic) bond motifs is 3. The smallest absolute Gasteiger partial charge is 0.176 e. The highest BCUT2D eigenvalue weighted by Gasteiger charge is 2.66. The standard InChI is InChI=1S/C32H31N3OS/c1-37-25-9-6-24(7-10-25)28-29(30(36)31-15-20-12-21(16-31)14-22(13-20)17-31)35-26-5-3-2-4-23(26)8-11-27(35)32(28,18-33)19-34/h2-11,20-22,27-29H,12-17H2,1H3/t20?,21?,22?,27-,28+,29-,31?/m0/s1. The van der Waals surface area contributed by atoms with Gasteiger partial charge in [0, 0.05) is 21.9 Å². The first kappa shape index (κ1) is 23.1. The van der Waals surface area contributed by atoms with Crippen LogP contribution in [0.3, 0.4) is 0 Å². The van der Waals surface area contributed by atoms with Crippen LogP contribution in [0.25, 0.3) is 6.08 Å². The fourth-order valence-corrected chi connectivity index (χ4v) is 9.55. The van der Waals surface area contributed by atoms with Gasteiger partial charge in [-0.1, -0.05) is 42.5 Å². The molecule has 0 radical (unpaired) electrons. The Morgan fingerprint density at radius 3 is 2.16 bits per heavy atom. The summed E-state index contributed by atoms with van der Waals surface area (Å²) in [5, 5.41) is 21.4. The molecule has 2 aliphatic heterocycles. The van der Waals surface area contributed by atoms with Gasteiger partial charge in [0.25, 0.3) is 0 Å². The summed E-state index contributed by atoms with van der Waals surface area (Å²) in [6.45, 7) is 0. The van der Waals surface area contributed by atoms with Crippen molar-refractivity contribution < 1.29 is 4.79 Å². The normalized spacial score (nSPS) is 35.9. The Morgan fingerprint density at radius 2 is 1.57 bits per heavy atom. The van der Waals surface area contributed by atoms with Crippen molar-refractivity contribution in [1.82, 2.24) is 0 Å². The van der Waals surface area contributed by atoms with Gasteiger partial charge in [-0.05, 0) is 91.9 Å². The summed E-state index contributed by atoms with van der Waals surface area (Å²) < 4.78 is 0. The van der Waals surface area contributed by atoms with Crippen molar-refractivity contribution in [3.05, 3.63) is 65.7 Å². The molecule has 37 heavy (non-hydrogen) atoms. The molecule has 0 amide bonds. The Bertz CT molecular complexity index is 1330. The maximum absolute atomic E-state index is 15.1. The maximum atomic E-state index is 15.1. The van der Waals surface area contributed by atoms with Gasteiger partial charge in [-0.15, -0.1) is 11.8 Å². The number of carbonyl (C=O) groups is 1. The number of rotatable bonds is 4. The van der Waals surface area contributed by atoms with E-state index in [1.165, 1.54) is 19.3 Å². The highest BCUT2D eigenvalue weighted by molar-refractivity contribution is 7.98. The zero-order valence-electron chi connectivity index (χ0n) is 21.1. The quantitative estimate of drug-likeness (QED) is 0.438. The zero-order valence-corrected chi connectivity index (χ0v) is 22.0. The summed E-state index contributed by atoms with van der Waals surface area (Å²) in [6.07, 6.45) is 12.8. The van der Waals surface area contributed by atoms with E-state index in [4.69, 9.17) is 0 Å². The maximum Gasteiger partial charge on any atom is 0.176 e. The molecule has 186 valence electrons. The Morgan fingerprint density at radius 1 is 0.946 bits per heavy atom. The van der Waals surface area contributed by atoms with Crippen LogP contribution in [0.4, 0.5) is 5.69 Å². The van der Waals surface area contributed by atoms with E-state index in [0.29, 0.717) is 17.8 Å². The number of ketones is 1. The lowest BCUT2D eigenvalue weighted by Gasteiger charge is -2.57. The number of nitrogens with zero attached hydrogens (tertiary/aromatic N) is 3. The summed E-state index contributed by atoms with van der Waals surface area (Å²) in [5.41, 5.74) is 1.26. The third-order valence-corrected chi connectivity index (χ3v) is 11.0. The fraction of sp³-hybridized carbons (Fsp3) is 0.469. The molecule has 1 saturated heterocycles. The lowest BCUT2D eigenvalue weighted by molar-refractivity contribution is -0.145. The number of hydrogen-bond acceptors (Lipinski definition) is 5. The van der Waals surface area contributed by atoms with Crippen LogP contribution in [0, 0.1) is 51.2 Å². The molecule has 2 aromatic rings. The summed E-state index contributed by atoms with van der Waals surface area (Å²) in [7, 11) is 0. The van der Waals surface area contributed by atoms with Gasteiger partial charge in [0.2, 0.25) is 0 Å². The van der Waals surface area contributed by atoms with Gasteiger partial charge < -0.3 is 4.90 Å². The van der Waals surface area contributed by atoms with Crippen LogP contribution >= 0.6 is 11.8 Å². The van der Waals surface area contributed by atoms with Gasteiger partial charge in [0.05, 0.1) is 24.2 Å². The number of benzene rings is 2. The number of para-hydroxylation sites is 1. The zero-order chi connectivity index (χ0) is 25.4. The molecular weight excluding hydrogens is 474 g/mol. The fourth-order valence-electron chi connectivity index (χ4n) is 9.15. The average molecular weight is 506 g/mol. The minimum absolute atomic E-state index is 0.285. The summed E-state index contributed by atoms with van der Waals surface area (Å²) in [6, 6.07) is 20.3. The predicted molar refractivity (Wildman–Crippen MR) is 146 cm³/mol. The molecule has 6 aliphatic rings. The molecule has 0 aromatic heterocycles. The van der Waals surface area contributed by atoms with Crippen molar-refractivity contribution in [2.45, 2.75) is 61.4 Å². The molecule has 5 fully saturated rings. The minimum Gasteiger partial charge on any atom is -0.351 e. The first-order valence-electron chi connectivity index (χ1n) is 13.6. The van der Waals surface area contributed by atoms with Crippen molar-refractivity contribution in [3.63, 3.8) is 0 Å². The molecule has 4 saturated carbocycles. The second-order valence-corrected chi connectivity index (χ2v) is 13.0. The number of thioether (sulfide) groups is 1. The van der Waals surface area contributed by atoms with Crippen molar-refractivity contribution in [2.75, 3.05) is 11.2 Å². The predicted octanol–water partition coefficient (Wildman–Crippen LogP) is 6.60. The van der Waals surface area contributed by atoms with Crippen molar-refractivity contribution in [1.29, 1.82) is 10.5 Å². The molecular formula is C32H31N3OS. The molecule has 2 aromatic carbocycles. The molecule has 2 heterocycles. The third kappa shape index (κ3) is 3.17. The van der Waals surface area contributed by atoms with Gasteiger partial charge in [0.15, 0.2) is 11.2 Å². The number of nitriles is 2. The van der Waals surface area contributed by atoms with Crippen molar-refractivity contribution >= 4 is 29.3 Å². The first-order chi connectivity index (χ1) is 18.0. The first-order valence-corrected chi connectivity index (χ1v) is 14.8. The van der Waals surface area contributed by atoms with Gasteiger partial charge >= 0.3 is 0 Å². The number of Topliss-reactive ketones (excluding diaryl/α,β-unsaturated/α-hetero) is 1. The summed E-state index contributed by atoms with van der Waals surface area (Å²) >= 11 is 1.67. The number of anilines is 1. The molecule has 8 rings (SSSR count). The van der Waals surface area contributed by atoms with Gasteiger partial charge in [-0.3, -0.25) is 4.79 Å². The topological polar surface area (TPSA) is 67.9 Å². The molecule has 0 N–H and O–H groups in total. The van der Waals surface area contributed by atoms with Crippen LogP contribution < -0.4 is 4.90 Å². The highest BCUT2D eigenvalue weighted by Crippen LogP contribution is 2.63. The third-order valence-electron chi connectivity index (χ3n) is 10.2. The largest absolute Gasteiger partial charge is 0.351 e. The van der Waals surface area contributed by atoms with Crippen LogP contribution in [0.5, 0.6) is 0 Å². The van der Waals surface area contributed by atoms with Crippen LogP contribution in [0.15, 0.2) is 59.5 Å². The molecule has 0 unspecified atom stereocenters. The van der Waals surface area contributed by atoms with Crippen molar-refractivity contribution in [2.24, 2.45) is 28.6 Å². The van der Waals surface area contributed by atoms with E-state index in [1.54, 1.807) is 11.8 Å². The molecule has 4 bridgehead atoms. The minimum atomic E-state index is -1.35. The number of hydrogen-bond donors (Lipinski definition) is 0. The highest BCUT2D eigenvalue weighted by atomic mass is 32.2. The van der Waals surface area contributed by atoms with E-state index in [2.05, 4.69) is 41.3 Å². The second kappa shape index (κ2) is 8.24. The second-order valence-electron chi connectivity index (χ2n) is 12.1. The monoisotopic (exact) mass is 505 g/mol. The molecule has 4 nitrogen and oxygen atoms in total. The van der Waals surface area contributed by atoms with E-state index in [1.807, 2.05) is 42.7 Å². The Balaban J connectivity index is 1.43. The van der Waals surface area contributed by atoms with Crippen molar-refractivity contribution in [3.8, 4) is 12.1 Å². The van der Waals surface area contributed by atoms with Gasteiger partial charge in [-0.25, -0.2) is 0 Å². The Labute approximate surface area is 223 Å². The summed E-state index contributed by atoms with van der Waals surface area (Å²) in [4.78, 5) is 18.4. The molecule has 0 spiro atoms. The lowest BCUT2D eigenvalue weighted by atomic mass is 9.47. The van der Waals surface area contributed by atoms with Crippen LogP contribution in [0.1, 0.15) is 55.6 Å². The SMILES string of the molecule is CSc1ccc([C@@H]2[C@@H](C(=O)C34CC5CC(CC(C5)C3)C4)N3c4ccccc4C=C[C@H]3C2(C#N)C#N)cc1. The van der Waals surface area contributed by atoms with E-state index in [9.17, 15) is 10.5 Å². The molecule has 3 atom stereocenters. The van der Waals surface area contributed by atoms with E-state index >= 15 is 4.79 Å². The number of carbonyl (C=O) groups excluding carboxylic acids is 1. The van der Waals surface area contributed by atoms with E-state index in [-0.39, 0.29) is 11.2 Å². The van der Waals surface area contributed by atoms with E-state index < -0.39 is 23.4 Å². The van der Waals surface area contributed by atoms with Crippen LogP contribution in [0.2, 0.25) is 0 Å². The average Bonchev–Trinajstić information content (AvgIpc) is 3.23. The van der Waals surface area contributed by atoms with Crippen LogP contribution in [-0.2, 0) is 4.79 Å². The van der Waals surface area contributed by atoms with Gasteiger partial charge in [0.1, 0.15) is 0 Å². The molecule has 4 aliphatic carbocycles. The molecule has 5 heteroatoms. The lowest BCUT2D eigenvalue weighted by Crippen LogP contribution is -2.56.